The van der Waals surface area contributed by atoms with Crippen molar-refractivity contribution in [2.45, 2.75) is 6.54 Å². The molecular weight excluding hydrogens is 342 g/mol. The Kier molecular flexibility index (Phi) is 4.01. The summed E-state index contributed by atoms with van der Waals surface area (Å²) in [6.07, 6.45) is 0. The summed E-state index contributed by atoms with van der Waals surface area (Å²) in [6, 6.07) is 6.79. The van der Waals surface area contributed by atoms with Crippen LogP contribution in [-0.2, 0) is 11.3 Å². The lowest BCUT2D eigenvalue weighted by Crippen LogP contribution is -2.35. The normalized spacial score (nSPS) is 10.9. The molecular formula is C14H10ClN3O4S. The number of carbonyl (C=O) groups is 1. The molecule has 0 atom stereocenters. The third-order valence-electron chi connectivity index (χ3n) is 3.24. The van der Waals surface area contributed by atoms with Gasteiger partial charge in [0, 0.05) is 5.02 Å². The van der Waals surface area contributed by atoms with Gasteiger partial charge in [0.05, 0.1) is 13.7 Å². The van der Waals surface area contributed by atoms with Gasteiger partial charge in [-0.05, 0) is 29.2 Å². The van der Waals surface area contributed by atoms with Crippen molar-refractivity contribution in [1.29, 1.82) is 0 Å². The molecule has 9 heteroatoms. The van der Waals surface area contributed by atoms with Crippen molar-refractivity contribution >= 4 is 40.1 Å². The number of nitrogens with one attached hydrogen (secondary N) is 1. The minimum atomic E-state index is -0.650. The molecule has 0 unspecified atom stereocenters. The van der Waals surface area contributed by atoms with E-state index in [1.54, 1.807) is 24.3 Å². The Balaban J connectivity index is 2.12. The highest BCUT2D eigenvalue weighted by Crippen LogP contribution is 2.17. The highest BCUT2D eigenvalue weighted by Gasteiger charge is 2.19. The van der Waals surface area contributed by atoms with E-state index in [-0.39, 0.29) is 22.5 Å². The van der Waals surface area contributed by atoms with Crippen molar-refractivity contribution in [2.24, 2.45) is 0 Å². The lowest BCUT2D eigenvalue weighted by molar-refractivity contribution is 0.0608. The molecule has 0 saturated heterocycles. The highest BCUT2D eigenvalue weighted by atomic mass is 35.5. The van der Waals surface area contributed by atoms with Gasteiger partial charge in [-0.2, -0.15) is 4.37 Å². The van der Waals surface area contributed by atoms with Crippen LogP contribution >= 0.6 is 23.1 Å². The molecule has 1 aromatic carbocycles. The second-order valence-corrected chi connectivity index (χ2v) is 5.88. The fraction of sp³-hybridized carbons (Fsp3) is 0.143. The number of H-pyrrole nitrogens is 1. The topological polar surface area (TPSA) is 94.0 Å². The SMILES string of the molecule is COC(=O)c1snc2c(=O)n(Cc3ccc(Cl)cc3)c(=O)[nH]c12. The maximum absolute atomic E-state index is 12.5. The van der Waals surface area contributed by atoms with Gasteiger partial charge in [0.1, 0.15) is 5.52 Å². The highest BCUT2D eigenvalue weighted by molar-refractivity contribution is 7.09. The molecule has 0 saturated carbocycles. The predicted molar refractivity (Wildman–Crippen MR) is 86.4 cm³/mol. The van der Waals surface area contributed by atoms with Gasteiger partial charge in [-0.3, -0.25) is 9.36 Å². The zero-order valence-electron chi connectivity index (χ0n) is 11.8. The lowest BCUT2D eigenvalue weighted by atomic mass is 10.2. The Morgan fingerprint density at radius 2 is 2.04 bits per heavy atom. The van der Waals surface area contributed by atoms with E-state index in [4.69, 9.17) is 11.6 Å². The van der Waals surface area contributed by atoms with Gasteiger partial charge in [0.25, 0.3) is 5.56 Å². The number of nitrogens with zero attached hydrogens (tertiary/aromatic N) is 2. The van der Waals surface area contributed by atoms with Gasteiger partial charge >= 0.3 is 11.7 Å². The summed E-state index contributed by atoms with van der Waals surface area (Å²) in [5.41, 5.74) is -0.314. The van der Waals surface area contributed by atoms with Gasteiger partial charge < -0.3 is 9.72 Å². The summed E-state index contributed by atoms with van der Waals surface area (Å²) in [5.74, 6) is -0.650. The maximum atomic E-state index is 12.5. The molecule has 0 spiro atoms. The van der Waals surface area contributed by atoms with Gasteiger partial charge in [0.2, 0.25) is 0 Å². The van der Waals surface area contributed by atoms with E-state index in [0.29, 0.717) is 5.02 Å². The smallest absolute Gasteiger partial charge is 0.351 e. The number of benzene rings is 1. The summed E-state index contributed by atoms with van der Waals surface area (Å²) in [7, 11) is 1.22. The first-order valence-electron chi connectivity index (χ1n) is 6.46. The van der Waals surface area contributed by atoms with Crippen LogP contribution in [0.1, 0.15) is 15.2 Å². The molecule has 1 N–H and O–H groups in total. The molecule has 7 nitrogen and oxygen atoms in total. The van der Waals surface area contributed by atoms with Crippen LogP contribution in [0, 0.1) is 0 Å². The molecule has 0 aliphatic rings. The van der Waals surface area contributed by atoms with Crippen LogP contribution in [-0.4, -0.2) is 27.0 Å². The molecule has 0 bridgehead atoms. The fourth-order valence-corrected chi connectivity index (χ4v) is 2.97. The number of aromatic nitrogens is 3. The summed E-state index contributed by atoms with van der Waals surface area (Å²) in [5, 5.41) is 0.563. The van der Waals surface area contributed by atoms with Crippen LogP contribution in [0.4, 0.5) is 0 Å². The van der Waals surface area contributed by atoms with Gasteiger partial charge in [-0.1, -0.05) is 23.7 Å². The van der Waals surface area contributed by atoms with E-state index in [2.05, 4.69) is 14.1 Å². The zero-order chi connectivity index (χ0) is 16.6. The number of halogens is 1. The summed E-state index contributed by atoms with van der Waals surface area (Å²) < 4.78 is 9.59. The van der Waals surface area contributed by atoms with Gasteiger partial charge in [-0.25, -0.2) is 9.59 Å². The average molecular weight is 352 g/mol. The lowest BCUT2D eigenvalue weighted by Gasteiger charge is -2.05. The van der Waals surface area contributed by atoms with E-state index in [0.717, 1.165) is 21.7 Å². The molecule has 0 fully saturated rings. The molecule has 0 aliphatic heterocycles. The molecule has 0 aliphatic carbocycles. The molecule has 2 aromatic heterocycles. The Morgan fingerprint density at radius 1 is 1.35 bits per heavy atom. The van der Waals surface area contributed by atoms with E-state index < -0.39 is 17.2 Å². The third-order valence-corrected chi connectivity index (χ3v) is 4.32. The standard InChI is InChI=1S/C14H10ClN3O4S/c1-22-13(20)11-9-10(17-23-11)12(19)18(14(21)16-9)6-7-2-4-8(15)5-3-7/h2-5H,6H2,1H3,(H,16,21). The number of esters is 1. The van der Waals surface area contributed by atoms with Crippen LogP contribution in [0.5, 0.6) is 0 Å². The van der Waals surface area contributed by atoms with Crippen molar-refractivity contribution in [1.82, 2.24) is 13.9 Å². The van der Waals surface area contributed by atoms with Crippen LogP contribution < -0.4 is 11.2 Å². The first-order valence-corrected chi connectivity index (χ1v) is 7.61. The number of carbonyl (C=O) groups excluding carboxylic acids is 1. The largest absolute Gasteiger partial charge is 0.465 e. The van der Waals surface area contributed by atoms with E-state index >= 15 is 0 Å². The molecule has 23 heavy (non-hydrogen) atoms. The molecule has 118 valence electrons. The van der Waals surface area contributed by atoms with Gasteiger partial charge in [-0.15, -0.1) is 0 Å². The van der Waals surface area contributed by atoms with Gasteiger partial charge in [0.15, 0.2) is 10.4 Å². The van der Waals surface area contributed by atoms with E-state index in [1.807, 2.05) is 0 Å². The van der Waals surface area contributed by atoms with Crippen molar-refractivity contribution in [3.05, 3.63) is 60.6 Å². The first-order chi connectivity index (χ1) is 11.0. The van der Waals surface area contributed by atoms with Crippen molar-refractivity contribution in [3.63, 3.8) is 0 Å². The van der Waals surface area contributed by atoms with Crippen molar-refractivity contribution in [3.8, 4) is 0 Å². The summed E-state index contributed by atoms with van der Waals surface area (Å²) in [4.78, 5) is 38.9. The molecule has 0 radical (unpaired) electrons. The molecule has 3 aromatic rings. The minimum Gasteiger partial charge on any atom is -0.465 e. The molecule has 0 amide bonds. The average Bonchev–Trinajstić information content (AvgIpc) is 2.96. The molecule has 3 rings (SSSR count). The number of methoxy groups -OCH3 is 1. The van der Waals surface area contributed by atoms with Crippen LogP contribution in [0.3, 0.4) is 0 Å². The monoisotopic (exact) mass is 351 g/mol. The first kappa shape index (κ1) is 15.4. The summed E-state index contributed by atoms with van der Waals surface area (Å²) in [6.45, 7) is 0.0758. The van der Waals surface area contributed by atoms with Crippen LogP contribution in [0.25, 0.3) is 11.0 Å². The Labute approximate surface area is 138 Å². The maximum Gasteiger partial charge on any atom is 0.351 e. The fourth-order valence-electron chi connectivity index (χ4n) is 2.09. The number of ether oxygens (including phenoxy) is 1. The summed E-state index contributed by atoms with van der Waals surface area (Å²) >= 11 is 6.62. The van der Waals surface area contributed by atoms with Crippen LogP contribution in [0.15, 0.2) is 33.9 Å². The van der Waals surface area contributed by atoms with E-state index in [1.165, 1.54) is 7.11 Å². The number of hydrogen-bond donors (Lipinski definition) is 1. The number of rotatable bonds is 3. The van der Waals surface area contributed by atoms with E-state index in [9.17, 15) is 14.4 Å². The number of aromatic amines is 1. The molecule has 2 heterocycles. The third kappa shape index (κ3) is 2.78. The Bertz CT molecular complexity index is 1000. The second-order valence-electron chi connectivity index (χ2n) is 4.67. The zero-order valence-corrected chi connectivity index (χ0v) is 13.4. The van der Waals surface area contributed by atoms with Crippen LogP contribution in [0.2, 0.25) is 5.02 Å². The number of hydrogen-bond acceptors (Lipinski definition) is 6. The van der Waals surface area contributed by atoms with Crippen molar-refractivity contribution < 1.29 is 9.53 Å². The minimum absolute atomic E-state index is 0.0314. The quantitative estimate of drug-likeness (QED) is 0.724. The second kappa shape index (κ2) is 5.98. The Hall–Kier alpha value is -2.45. The predicted octanol–water partition coefficient (Wildman–Crippen LogP) is 1.63. The Morgan fingerprint density at radius 3 is 2.70 bits per heavy atom. The number of fused-ring (bicyclic) bond motifs is 1. The van der Waals surface area contributed by atoms with Crippen molar-refractivity contribution in [2.75, 3.05) is 7.11 Å².